The predicted octanol–water partition coefficient (Wildman–Crippen LogP) is 0.311. The van der Waals surface area contributed by atoms with E-state index in [1.165, 1.54) is 0 Å². The first-order chi connectivity index (χ1) is 8.66. The number of hydrogen-bond donors (Lipinski definition) is 2. The summed E-state index contributed by atoms with van der Waals surface area (Å²) in [5.41, 5.74) is 0. The number of nitrogens with one attached hydrogen (secondary N) is 1. The SMILES string of the molecule is Cn1ccnc1N1CCCC(CNCC(=O)O)C1. The van der Waals surface area contributed by atoms with Gasteiger partial charge in [0.05, 0.1) is 6.54 Å². The summed E-state index contributed by atoms with van der Waals surface area (Å²) in [6.45, 7) is 2.77. The van der Waals surface area contributed by atoms with Gasteiger partial charge in [0, 0.05) is 39.1 Å². The van der Waals surface area contributed by atoms with Gasteiger partial charge in [0.25, 0.3) is 0 Å². The third-order valence-electron chi connectivity index (χ3n) is 3.31. The molecule has 0 aromatic carbocycles. The van der Waals surface area contributed by atoms with Crippen LogP contribution in [0.3, 0.4) is 0 Å². The fourth-order valence-corrected chi connectivity index (χ4v) is 2.46. The Balaban J connectivity index is 1.85. The lowest BCUT2D eigenvalue weighted by Crippen LogP contribution is -2.41. The number of aryl methyl sites for hydroxylation is 1. The lowest BCUT2D eigenvalue weighted by Gasteiger charge is -2.33. The summed E-state index contributed by atoms with van der Waals surface area (Å²) in [7, 11) is 1.99. The molecule has 2 heterocycles. The van der Waals surface area contributed by atoms with Gasteiger partial charge in [-0.25, -0.2) is 4.98 Å². The Labute approximate surface area is 107 Å². The number of nitrogens with zero attached hydrogens (tertiary/aromatic N) is 3. The molecule has 0 radical (unpaired) electrons. The van der Waals surface area contributed by atoms with E-state index >= 15 is 0 Å². The highest BCUT2D eigenvalue weighted by molar-refractivity contribution is 5.68. The van der Waals surface area contributed by atoms with Gasteiger partial charge in [0.2, 0.25) is 5.95 Å². The van der Waals surface area contributed by atoms with E-state index in [1.54, 1.807) is 0 Å². The molecule has 1 atom stereocenters. The molecular formula is C12H20N4O2. The average molecular weight is 252 g/mol. The lowest BCUT2D eigenvalue weighted by molar-refractivity contribution is -0.136. The number of piperidine rings is 1. The van der Waals surface area contributed by atoms with E-state index in [-0.39, 0.29) is 6.54 Å². The molecule has 6 heteroatoms. The quantitative estimate of drug-likeness (QED) is 0.789. The minimum Gasteiger partial charge on any atom is -0.480 e. The predicted molar refractivity (Wildman–Crippen MR) is 68.7 cm³/mol. The van der Waals surface area contributed by atoms with Crippen molar-refractivity contribution in [1.82, 2.24) is 14.9 Å². The Morgan fingerprint density at radius 2 is 2.50 bits per heavy atom. The van der Waals surface area contributed by atoms with E-state index < -0.39 is 5.97 Å². The first-order valence-electron chi connectivity index (χ1n) is 6.31. The second-order valence-electron chi connectivity index (χ2n) is 4.82. The van der Waals surface area contributed by atoms with Crippen LogP contribution in [0.15, 0.2) is 12.4 Å². The van der Waals surface area contributed by atoms with E-state index in [9.17, 15) is 4.79 Å². The molecule has 0 bridgehead atoms. The Morgan fingerprint density at radius 3 is 3.17 bits per heavy atom. The van der Waals surface area contributed by atoms with Gasteiger partial charge in [0.1, 0.15) is 0 Å². The third-order valence-corrected chi connectivity index (χ3v) is 3.31. The van der Waals surface area contributed by atoms with Crippen LogP contribution in [0.2, 0.25) is 0 Å². The molecule has 0 saturated carbocycles. The van der Waals surface area contributed by atoms with Crippen molar-refractivity contribution in [2.75, 3.05) is 31.1 Å². The third kappa shape index (κ3) is 3.22. The molecule has 1 aromatic rings. The number of carbonyl (C=O) groups is 1. The smallest absolute Gasteiger partial charge is 0.317 e. The number of rotatable bonds is 5. The van der Waals surface area contributed by atoms with Crippen LogP contribution in [0, 0.1) is 5.92 Å². The highest BCUT2D eigenvalue weighted by atomic mass is 16.4. The molecule has 1 unspecified atom stereocenters. The molecule has 100 valence electrons. The summed E-state index contributed by atoms with van der Waals surface area (Å²) < 4.78 is 2.02. The molecule has 1 aromatic heterocycles. The van der Waals surface area contributed by atoms with Crippen molar-refractivity contribution in [2.24, 2.45) is 13.0 Å². The summed E-state index contributed by atoms with van der Waals surface area (Å²) >= 11 is 0. The summed E-state index contributed by atoms with van der Waals surface area (Å²) in [6.07, 6.45) is 6.03. The van der Waals surface area contributed by atoms with Gasteiger partial charge in [-0.3, -0.25) is 4.79 Å². The largest absolute Gasteiger partial charge is 0.480 e. The van der Waals surface area contributed by atoms with Crippen LogP contribution in [0.1, 0.15) is 12.8 Å². The van der Waals surface area contributed by atoms with Crippen molar-refractivity contribution in [1.29, 1.82) is 0 Å². The van der Waals surface area contributed by atoms with Crippen LogP contribution >= 0.6 is 0 Å². The molecule has 0 aliphatic carbocycles. The number of carboxylic acid groups (broad SMARTS) is 1. The van der Waals surface area contributed by atoms with Crippen molar-refractivity contribution in [2.45, 2.75) is 12.8 Å². The maximum atomic E-state index is 10.5. The first-order valence-corrected chi connectivity index (χ1v) is 6.31. The standard InChI is InChI=1S/C12H20N4O2/c1-15-6-4-14-12(15)16-5-2-3-10(9-16)7-13-8-11(17)18/h4,6,10,13H,2-3,5,7-9H2,1H3,(H,17,18). The monoisotopic (exact) mass is 252 g/mol. The highest BCUT2D eigenvalue weighted by Crippen LogP contribution is 2.20. The van der Waals surface area contributed by atoms with Crippen molar-refractivity contribution in [3.63, 3.8) is 0 Å². The zero-order valence-electron chi connectivity index (χ0n) is 10.7. The summed E-state index contributed by atoms with van der Waals surface area (Å²) in [5.74, 6) is 0.694. The van der Waals surface area contributed by atoms with Crippen LogP contribution in [-0.2, 0) is 11.8 Å². The minimum atomic E-state index is -0.799. The number of carboxylic acids is 1. The molecule has 2 N–H and O–H groups in total. The van der Waals surface area contributed by atoms with E-state index in [1.807, 2.05) is 24.0 Å². The van der Waals surface area contributed by atoms with Gasteiger partial charge in [-0.1, -0.05) is 0 Å². The topological polar surface area (TPSA) is 70.4 Å². The molecule has 1 aliphatic heterocycles. The second-order valence-corrected chi connectivity index (χ2v) is 4.82. The fourth-order valence-electron chi connectivity index (χ4n) is 2.46. The second kappa shape index (κ2) is 5.86. The van der Waals surface area contributed by atoms with Gasteiger partial charge in [-0.2, -0.15) is 0 Å². The molecule has 6 nitrogen and oxygen atoms in total. The van der Waals surface area contributed by atoms with E-state index in [0.29, 0.717) is 5.92 Å². The van der Waals surface area contributed by atoms with Gasteiger partial charge in [-0.05, 0) is 18.8 Å². The molecule has 0 spiro atoms. The van der Waals surface area contributed by atoms with Crippen LogP contribution in [0.5, 0.6) is 0 Å². The van der Waals surface area contributed by atoms with Crippen LogP contribution < -0.4 is 10.2 Å². The van der Waals surface area contributed by atoms with Crippen molar-refractivity contribution >= 4 is 11.9 Å². The summed E-state index contributed by atoms with van der Waals surface area (Å²) in [4.78, 5) is 17.1. The van der Waals surface area contributed by atoms with E-state index in [2.05, 4.69) is 15.2 Å². The van der Waals surface area contributed by atoms with Crippen LogP contribution in [0.4, 0.5) is 5.95 Å². The summed E-state index contributed by atoms with van der Waals surface area (Å²) in [6, 6.07) is 0. The molecule has 1 saturated heterocycles. The Kier molecular flexibility index (Phi) is 4.19. The molecule has 0 amide bonds. The van der Waals surface area contributed by atoms with Crippen LogP contribution in [-0.4, -0.2) is 46.8 Å². The van der Waals surface area contributed by atoms with Gasteiger partial charge in [0.15, 0.2) is 0 Å². The number of imidazole rings is 1. The van der Waals surface area contributed by atoms with Gasteiger partial charge in [-0.15, -0.1) is 0 Å². The Bertz CT molecular complexity index is 405. The van der Waals surface area contributed by atoms with Crippen molar-refractivity contribution < 1.29 is 9.90 Å². The zero-order valence-corrected chi connectivity index (χ0v) is 10.7. The number of hydrogen-bond acceptors (Lipinski definition) is 4. The van der Waals surface area contributed by atoms with E-state index in [0.717, 1.165) is 38.4 Å². The number of anilines is 1. The minimum absolute atomic E-state index is 0.0406. The molecular weight excluding hydrogens is 232 g/mol. The maximum absolute atomic E-state index is 10.5. The number of aliphatic carboxylic acids is 1. The average Bonchev–Trinajstić information content (AvgIpc) is 2.75. The maximum Gasteiger partial charge on any atom is 0.317 e. The Morgan fingerprint density at radius 1 is 1.67 bits per heavy atom. The molecule has 18 heavy (non-hydrogen) atoms. The van der Waals surface area contributed by atoms with Crippen LogP contribution in [0.25, 0.3) is 0 Å². The summed E-state index contributed by atoms with van der Waals surface area (Å²) in [5, 5.41) is 11.6. The normalized spacial score (nSPS) is 20.1. The van der Waals surface area contributed by atoms with Crippen molar-refractivity contribution in [3.8, 4) is 0 Å². The highest BCUT2D eigenvalue weighted by Gasteiger charge is 2.22. The van der Waals surface area contributed by atoms with Crippen molar-refractivity contribution in [3.05, 3.63) is 12.4 Å². The van der Waals surface area contributed by atoms with Gasteiger partial charge < -0.3 is 19.9 Å². The lowest BCUT2D eigenvalue weighted by atomic mass is 9.98. The zero-order chi connectivity index (χ0) is 13.0. The Hall–Kier alpha value is -1.56. The number of aromatic nitrogens is 2. The first kappa shape index (κ1) is 12.9. The fraction of sp³-hybridized carbons (Fsp3) is 0.667. The molecule has 1 fully saturated rings. The van der Waals surface area contributed by atoms with Gasteiger partial charge >= 0.3 is 5.97 Å². The molecule has 2 rings (SSSR count). The van der Waals surface area contributed by atoms with E-state index in [4.69, 9.17) is 5.11 Å². The molecule has 1 aliphatic rings.